The molecule has 0 amide bonds. The molecular formula is C9H10N4O. The van der Waals surface area contributed by atoms with Gasteiger partial charge in [-0.1, -0.05) is 0 Å². The van der Waals surface area contributed by atoms with Gasteiger partial charge in [-0.2, -0.15) is 5.10 Å². The molecule has 1 N–H and O–H groups in total. The van der Waals surface area contributed by atoms with Crippen LogP contribution in [0.25, 0.3) is 5.95 Å². The van der Waals surface area contributed by atoms with Gasteiger partial charge in [-0.05, 0) is 18.1 Å². The largest absolute Gasteiger partial charge is 0.396 e. The molecule has 0 saturated carbocycles. The molecular weight excluding hydrogens is 180 g/mol. The quantitative estimate of drug-likeness (QED) is 0.750. The van der Waals surface area contributed by atoms with Crippen LogP contribution in [0.2, 0.25) is 0 Å². The van der Waals surface area contributed by atoms with Gasteiger partial charge in [0.05, 0.1) is 6.20 Å². The lowest BCUT2D eigenvalue weighted by Crippen LogP contribution is -1.99. The number of aliphatic hydroxyl groups is 1. The fraction of sp³-hybridized carbons (Fsp3) is 0.222. The molecule has 0 spiro atoms. The third-order valence-electron chi connectivity index (χ3n) is 1.79. The van der Waals surface area contributed by atoms with E-state index in [0.29, 0.717) is 12.4 Å². The number of hydrogen-bond acceptors (Lipinski definition) is 4. The van der Waals surface area contributed by atoms with Crippen molar-refractivity contribution in [2.24, 2.45) is 0 Å². The van der Waals surface area contributed by atoms with Gasteiger partial charge in [0.1, 0.15) is 0 Å². The number of aromatic nitrogens is 4. The zero-order valence-electron chi connectivity index (χ0n) is 7.54. The SMILES string of the molecule is OCCc1cnn(-c2ncccn2)c1. The smallest absolute Gasteiger partial charge is 0.250 e. The highest BCUT2D eigenvalue weighted by Gasteiger charge is 2.01. The lowest BCUT2D eigenvalue weighted by molar-refractivity contribution is 0.299. The standard InChI is InChI=1S/C9H10N4O/c14-5-2-8-6-12-13(7-8)9-10-3-1-4-11-9/h1,3-4,6-7,14H,2,5H2. The average Bonchev–Trinajstić information content (AvgIpc) is 2.68. The van der Waals surface area contributed by atoms with Crippen molar-refractivity contribution in [2.75, 3.05) is 6.61 Å². The molecule has 0 radical (unpaired) electrons. The number of rotatable bonds is 3. The van der Waals surface area contributed by atoms with E-state index in [9.17, 15) is 0 Å². The van der Waals surface area contributed by atoms with Crippen LogP contribution in [-0.2, 0) is 6.42 Å². The monoisotopic (exact) mass is 190 g/mol. The second-order valence-corrected chi connectivity index (χ2v) is 2.82. The molecule has 0 unspecified atom stereocenters. The molecule has 0 atom stereocenters. The van der Waals surface area contributed by atoms with Crippen molar-refractivity contribution >= 4 is 0 Å². The van der Waals surface area contributed by atoms with Crippen LogP contribution in [0.1, 0.15) is 5.56 Å². The molecule has 5 nitrogen and oxygen atoms in total. The molecule has 72 valence electrons. The van der Waals surface area contributed by atoms with Crippen LogP contribution in [-0.4, -0.2) is 31.5 Å². The van der Waals surface area contributed by atoms with Crippen LogP contribution in [0.15, 0.2) is 30.9 Å². The first-order valence-corrected chi connectivity index (χ1v) is 4.32. The van der Waals surface area contributed by atoms with Crippen molar-refractivity contribution in [1.29, 1.82) is 0 Å². The van der Waals surface area contributed by atoms with Crippen LogP contribution in [0.5, 0.6) is 0 Å². The van der Waals surface area contributed by atoms with E-state index in [1.165, 1.54) is 0 Å². The Labute approximate surface area is 81.1 Å². The van der Waals surface area contributed by atoms with E-state index in [-0.39, 0.29) is 6.61 Å². The molecule has 0 bridgehead atoms. The van der Waals surface area contributed by atoms with Gasteiger partial charge >= 0.3 is 0 Å². The summed E-state index contributed by atoms with van der Waals surface area (Å²) >= 11 is 0. The Balaban J connectivity index is 2.25. The summed E-state index contributed by atoms with van der Waals surface area (Å²) < 4.78 is 1.59. The highest BCUT2D eigenvalue weighted by atomic mass is 16.2. The van der Waals surface area contributed by atoms with Crippen molar-refractivity contribution in [1.82, 2.24) is 19.7 Å². The molecule has 0 fully saturated rings. The second-order valence-electron chi connectivity index (χ2n) is 2.82. The van der Waals surface area contributed by atoms with Gasteiger partial charge in [0.2, 0.25) is 5.95 Å². The number of nitrogens with zero attached hydrogens (tertiary/aromatic N) is 4. The fourth-order valence-corrected chi connectivity index (χ4v) is 1.14. The first-order valence-electron chi connectivity index (χ1n) is 4.32. The summed E-state index contributed by atoms with van der Waals surface area (Å²) in [5, 5.41) is 12.8. The average molecular weight is 190 g/mol. The minimum absolute atomic E-state index is 0.126. The molecule has 2 heterocycles. The third-order valence-corrected chi connectivity index (χ3v) is 1.79. The third kappa shape index (κ3) is 1.77. The molecule has 0 aromatic carbocycles. The summed E-state index contributed by atoms with van der Waals surface area (Å²) in [5.74, 6) is 0.539. The van der Waals surface area contributed by atoms with E-state index < -0.39 is 0 Å². The second kappa shape index (κ2) is 3.97. The van der Waals surface area contributed by atoms with Gasteiger partial charge in [-0.3, -0.25) is 0 Å². The van der Waals surface area contributed by atoms with E-state index in [4.69, 9.17) is 5.11 Å². The van der Waals surface area contributed by atoms with Gasteiger partial charge in [0.15, 0.2) is 0 Å². The van der Waals surface area contributed by atoms with Crippen LogP contribution in [0.3, 0.4) is 0 Å². The van der Waals surface area contributed by atoms with Crippen molar-refractivity contribution in [3.8, 4) is 5.95 Å². The Morgan fingerprint density at radius 2 is 2.07 bits per heavy atom. The Bertz CT molecular complexity index is 398. The highest BCUT2D eigenvalue weighted by molar-refractivity contribution is 5.13. The maximum Gasteiger partial charge on any atom is 0.250 e. The molecule has 2 aromatic rings. The van der Waals surface area contributed by atoms with Crippen molar-refractivity contribution < 1.29 is 5.11 Å². The lowest BCUT2D eigenvalue weighted by atomic mass is 10.3. The van der Waals surface area contributed by atoms with Gasteiger partial charge < -0.3 is 5.11 Å². The Morgan fingerprint density at radius 3 is 2.79 bits per heavy atom. The summed E-state index contributed by atoms with van der Waals surface area (Å²) in [7, 11) is 0. The van der Waals surface area contributed by atoms with Gasteiger partial charge in [0.25, 0.3) is 0 Å². The van der Waals surface area contributed by atoms with E-state index in [1.807, 2.05) is 6.20 Å². The Kier molecular flexibility index (Phi) is 2.51. The summed E-state index contributed by atoms with van der Waals surface area (Å²) in [4.78, 5) is 8.10. The van der Waals surface area contributed by atoms with E-state index in [0.717, 1.165) is 5.56 Å². The molecule has 14 heavy (non-hydrogen) atoms. The first kappa shape index (κ1) is 8.83. The van der Waals surface area contributed by atoms with E-state index in [1.54, 1.807) is 29.3 Å². The highest BCUT2D eigenvalue weighted by Crippen LogP contribution is 2.02. The zero-order valence-corrected chi connectivity index (χ0v) is 7.54. The van der Waals surface area contributed by atoms with Gasteiger partial charge in [-0.25, -0.2) is 14.6 Å². The molecule has 0 aliphatic carbocycles. The maximum atomic E-state index is 8.73. The maximum absolute atomic E-state index is 8.73. The number of aliphatic hydroxyl groups excluding tert-OH is 1. The Hall–Kier alpha value is -1.75. The minimum atomic E-state index is 0.126. The van der Waals surface area contributed by atoms with E-state index >= 15 is 0 Å². The topological polar surface area (TPSA) is 63.8 Å². The lowest BCUT2D eigenvalue weighted by Gasteiger charge is -1.95. The molecule has 2 rings (SSSR count). The first-order chi connectivity index (χ1) is 6.90. The summed E-state index contributed by atoms with van der Waals surface area (Å²) in [6.45, 7) is 0.126. The molecule has 2 aromatic heterocycles. The van der Waals surface area contributed by atoms with Crippen LogP contribution in [0.4, 0.5) is 0 Å². The van der Waals surface area contributed by atoms with Gasteiger partial charge in [0, 0.05) is 25.2 Å². The predicted octanol–water partition coefficient (Wildman–Crippen LogP) is 0.197. The van der Waals surface area contributed by atoms with Crippen LogP contribution in [0, 0.1) is 0 Å². The van der Waals surface area contributed by atoms with Crippen LogP contribution < -0.4 is 0 Å². The van der Waals surface area contributed by atoms with Crippen molar-refractivity contribution in [3.63, 3.8) is 0 Å². The minimum Gasteiger partial charge on any atom is -0.396 e. The molecule has 0 aliphatic heterocycles. The fourth-order valence-electron chi connectivity index (χ4n) is 1.14. The van der Waals surface area contributed by atoms with Crippen molar-refractivity contribution in [3.05, 3.63) is 36.4 Å². The summed E-state index contributed by atoms with van der Waals surface area (Å²) in [5.41, 5.74) is 0.972. The van der Waals surface area contributed by atoms with Crippen LogP contribution >= 0.6 is 0 Å². The zero-order chi connectivity index (χ0) is 9.80. The summed E-state index contributed by atoms with van der Waals surface area (Å²) in [6, 6.07) is 1.75. The normalized spacial score (nSPS) is 10.4. The molecule has 5 heteroatoms. The molecule has 0 saturated heterocycles. The number of hydrogen-bond donors (Lipinski definition) is 1. The molecule has 0 aliphatic rings. The van der Waals surface area contributed by atoms with Gasteiger partial charge in [-0.15, -0.1) is 0 Å². The van der Waals surface area contributed by atoms with E-state index in [2.05, 4.69) is 15.1 Å². The Morgan fingerprint density at radius 1 is 1.29 bits per heavy atom. The summed E-state index contributed by atoms with van der Waals surface area (Å²) in [6.07, 6.45) is 7.44. The van der Waals surface area contributed by atoms with Crippen molar-refractivity contribution in [2.45, 2.75) is 6.42 Å². The predicted molar refractivity (Wildman–Crippen MR) is 49.9 cm³/mol.